The summed E-state index contributed by atoms with van der Waals surface area (Å²) in [6.07, 6.45) is 1.29. The summed E-state index contributed by atoms with van der Waals surface area (Å²) < 4.78 is 32.4. The Labute approximate surface area is 125 Å². The average molecular weight is 331 g/mol. The zero-order valence-corrected chi connectivity index (χ0v) is 12.7. The lowest BCUT2D eigenvalue weighted by molar-refractivity contribution is 0.293. The molecule has 20 heavy (non-hydrogen) atoms. The first kappa shape index (κ1) is 13.8. The van der Waals surface area contributed by atoms with Gasteiger partial charge in [0.05, 0.1) is 6.20 Å². The molecule has 2 heterocycles. The molecule has 0 saturated carbocycles. The van der Waals surface area contributed by atoms with Crippen molar-refractivity contribution in [1.29, 1.82) is 0 Å². The zero-order chi connectivity index (χ0) is 14.2. The number of para-hydroxylation sites is 1. The number of benzene rings is 1. The molecule has 0 fully saturated rings. The summed E-state index contributed by atoms with van der Waals surface area (Å²) in [6, 6.07) is 7.44. The van der Waals surface area contributed by atoms with Crippen LogP contribution in [0, 0.1) is 0 Å². The summed E-state index contributed by atoms with van der Waals surface area (Å²) >= 11 is 6.68. The Morgan fingerprint density at radius 2 is 2.15 bits per heavy atom. The molecule has 8 heteroatoms. The van der Waals surface area contributed by atoms with Gasteiger partial charge >= 0.3 is 0 Å². The number of rotatable bonds is 2. The monoisotopic (exact) mass is 330 g/mol. The van der Waals surface area contributed by atoms with Crippen LogP contribution in [0.15, 0.2) is 34.7 Å². The topological polar surface area (TPSA) is 59.5 Å². The maximum atomic E-state index is 12.5. The number of halogens is 1. The third kappa shape index (κ3) is 2.54. The van der Waals surface area contributed by atoms with Gasteiger partial charge in [-0.1, -0.05) is 41.1 Å². The highest BCUT2D eigenvalue weighted by Gasteiger charge is 2.29. The van der Waals surface area contributed by atoms with Gasteiger partial charge in [-0.3, -0.25) is 0 Å². The Hall–Kier alpha value is -1.15. The molecule has 0 unspecified atom stereocenters. The second kappa shape index (κ2) is 5.33. The molecule has 0 saturated heterocycles. The Balaban J connectivity index is 1.95. The van der Waals surface area contributed by atoms with E-state index >= 15 is 0 Å². The van der Waals surface area contributed by atoms with E-state index in [2.05, 4.69) is 4.98 Å². The Bertz CT molecular complexity index is 730. The van der Waals surface area contributed by atoms with Gasteiger partial charge in [-0.15, -0.1) is 0 Å². The molecule has 0 spiro atoms. The molecule has 1 aliphatic rings. The summed E-state index contributed by atoms with van der Waals surface area (Å²) in [5.41, 5.74) is 0.851. The Morgan fingerprint density at radius 1 is 1.35 bits per heavy atom. The molecule has 0 radical (unpaired) electrons. The van der Waals surface area contributed by atoms with Gasteiger partial charge in [0.1, 0.15) is 12.4 Å². The second-order valence-electron chi connectivity index (χ2n) is 4.23. The molecule has 5 nitrogen and oxygen atoms in total. The van der Waals surface area contributed by atoms with Crippen molar-refractivity contribution >= 4 is 33.0 Å². The van der Waals surface area contributed by atoms with E-state index < -0.39 is 10.0 Å². The second-order valence-corrected chi connectivity index (χ2v) is 8.00. The largest absolute Gasteiger partial charge is 0.492 e. The van der Waals surface area contributed by atoms with Crippen LogP contribution in [-0.4, -0.2) is 30.9 Å². The van der Waals surface area contributed by atoms with Crippen molar-refractivity contribution in [2.45, 2.75) is 10.8 Å². The number of sulfonamides is 1. The van der Waals surface area contributed by atoms with Crippen LogP contribution in [0.1, 0.15) is 5.56 Å². The fourth-order valence-corrected chi connectivity index (χ4v) is 4.84. The van der Waals surface area contributed by atoms with Crippen molar-refractivity contribution in [1.82, 2.24) is 9.29 Å². The number of nitrogens with zero attached hydrogens (tertiary/aromatic N) is 2. The lowest BCUT2D eigenvalue weighted by atomic mass is 10.2. The molecule has 0 aliphatic carbocycles. The Morgan fingerprint density at radius 3 is 2.90 bits per heavy atom. The smallest absolute Gasteiger partial charge is 0.254 e. The molecule has 2 aromatic rings. The highest BCUT2D eigenvalue weighted by Crippen LogP contribution is 2.29. The molecule has 0 N–H and O–H groups in total. The molecule has 0 bridgehead atoms. The first-order chi connectivity index (χ1) is 9.57. The van der Waals surface area contributed by atoms with E-state index in [0.717, 1.165) is 22.6 Å². The molecule has 1 aromatic heterocycles. The van der Waals surface area contributed by atoms with Crippen molar-refractivity contribution in [3.63, 3.8) is 0 Å². The molecule has 1 aromatic carbocycles. The van der Waals surface area contributed by atoms with Crippen LogP contribution in [0.5, 0.6) is 5.75 Å². The van der Waals surface area contributed by atoms with Crippen molar-refractivity contribution in [2.75, 3.05) is 13.2 Å². The van der Waals surface area contributed by atoms with Crippen LogP contribution < -0.4 is 4.74 Å². The summed E-state index contributed by atoms with van der Waals surface area (Å²) in [4.78, 5) is 3.79. The number of hydrogen-bond acceptors (Lipinski definition) is 5. The molecule has 3 rings (SSSR count). The molecule has 1 aliphatic heterocycles. The van der Waals surface area contributed by atoms with E-state index in [1.165, 1.54) is 10.5 Å². The van der Waals surface area contributed by atoms with Crippen molar-refractivity contribution in [3.05, 3.63) is 40.5 Å². The number of fused-ring (bicyclic) bond motifs is 1. The van der Waals surface area contributed by atoms with Crippen LogP contribution in [-0.2, 0) is 16.6 Å². The average Bonchev–Trinajstić information content (AvgIpc) is 2.75. The Kier molecular flexibility index (Phi) is 3.68. The summed E-state index contributed by atoms with van der Waals surface area (Å²) in [5, 5.41) is 0. The predicted molar refractivity (Wildman–Crippen MR) is 76.7 cm³/mol. The fraction of sp³-hybridized carbons (Fsp3) is 0.250. The maximum absolute atomic E-state index is 12.5. The van der Waals surface area contributed by atoms with Crippen molar-refractivity contribution in [2.24, 2.45) is 0 Å². The summed E-state index contributed by atoms with van der Waals surface area (Å²) in [5.74, 6) is 0.729. The van der Waals surface area contributed by atoms with E-state index in [1.54, 1.807) is 0 Å². The van der Waals surface area contributed by atoms with E-state index in [-0.39, 0.29) is 15.2 Å². The van der Waals surface area contributed by atoms with E-state index in [9.17, 15) is 8.42 Å². The number of thiazole rings is 1. The summed E-state index contributed by atoms with van der Waals surface area (Å²) in [6.45, 7) is 0.906. The normalized spacial score (nSPS) is 16.2. The van der Waals surface area contributed by atoms with Gasteiger partial charge in [0.15, 0.2) is 8.68 Å². The highest BCUT2D eigenvalue weighted by atomic mass is 35.5. The number of hydrogen-bond donors (Lipinski definition) is 0. The zero-order valence-electron chi connectivity index (χ0n) is 10.3. The van der Waals surface area contributed by atoms with Crippen LogP contribution in [0.25, 0.3) is 0 Å². The van der Waals surface area contributed by atoms with Crippen molar-refractivity contribution < 1.29 is 13.2 Å². The molecular weight excluding hydrogens is 320 g/mol. The van der Waals surface area contributed by atoms with Crippen LogP contribution >= 0.6 is 22.9 Å². The number of aromatic nitrogens is 1. The minimum absolute atomic E-state index is 0.155. The molecule has 0 amide bonds. The highest BCUT2D eigenvalue weighted by molar-refractivity contribution is 7.91. The number of ether oxygens (including phenoxy) is 1. The first-order valence-electron chi connectivity index (χ1n) is 5.89. The van der Waals surface area contributed by atoms with E-state index in [1.807, 2.05) is 24.3 Å². The van der Waals surface area contributed by atoms with E-state index in [0.29, 0.717) is 13.2 Å². The SMILES string of the molecule is O=S(=O)(c1cnc(Cl)s1)N1CCOc2ccccc2C1. The third-order valence-corrected chi connectivity index (χ3v) is 6.36. The summed E-state index contributed by atoms with van der Waals surface area (Å²) in [7, 11) is -3.58. The van der Waals surface area contributed by atoms with Gasteiger partial charge in [-0.2, -0.15) is 4.31 Å². The van der Waals surface area contributed by atoms with Gasteiger partial charge in [-0.05, 0) is 6.07 Å². The van der Waals surface area contributed by atoms with E-state index in [4.69, 9.17) is 16.3 Å². The minimum Gasteiger partial charge on any atom is -0.492 e. The lowest BCUT2D eigenvalue weighted by Crippen LogP contribution is -2.32. The van der Waals surface area contributed by atoms with Gasteiger partial charge in [0, 0.05) is 18.7 Å². The third-order valence-electron chi connectivity index (χ3n) is 2.97. The van der Waals surface area contributed by atoms with Crippen molar-refractivity contribution in [3.8, 4) is 5.75 Å². The first-order valence-corrected chi connectivity index (χ1v) is 8.53. The van der Waals surface area contributed by atoms with Crippen LogP contribution in [0.3, 0.4) is 0 Å². The van der Waals surface area contributed by atoms with Crippen LogP contribution in [0.2, 0.25) is 4.47 Å². The molecule has 0 atom stereocenters. The standard InChI is InChI=1S/C12H11ClN2O3S2/c13-12-14-7-11(19-12)20(16,17)15-5-6-18-10-4-2-1-3-9(10)8-15/h1-4,7H,5-6,8H2. The quantitative estimate of drug-likeness (QED) is 0.848. The lowest BCUT2D eigenvalue weighted by Gasteiger charge is -2.17. The molecular formula is C12H11ClN2O3S2. The van der Waals surface area contributed by atoms with Crippen LogP contribution in [0.4, 0.5) is 0 Å². The fourth-order valence-electron chi connectivity index (χ4n) is 1.99. The van der Waals surface area contributed by atoms with Gasteiger partial charge < -0.3 is 4.74 Å². The predicted octanol–water partition coefficient (Wildman–Crippen LogP) is 2.38. The molecule has 106 valence electrons. The van der Waals surface area contributed by atoms with Gasteiger partial charge in [0.2, 0.25) is 0 Å². The maximum Gasteiger partial charge on any atom is 0.254 e. The van der Waals surface area contributed by atoms with Gasteiger partial charge in [-0.25, -0.2) is 13.4 Å². The minimum atomic E-state index is -3.58. The van der Waals surface area contributed by atoms with Gasteiger partial charge in [0.25, 0.3) is 10.0 Å².